The van der Waals surface area contributed by atoms with Gasteiger partial charge < -0.3 is 24.7 Å². The number of aryl methyl sites for hydroxylation is 4. The molecule has 0 radical (unpaired) electrons. The standard InChI is InChI=1S/C30H33FN2O5S.C17H18FNO4S.C12H14N2O2.CH4/c1-4-37-30(34)29-24-16-21-15-22(32-17-25(21)28(24)29)8-6-20-14-19(7-10-26(20)31)23-9-11-27(33-18(23)2)38-12-5-13-39(3,35)36;1-12-15(13-4-6-16(18)14(10-13)11-20)5-7-17(19-12)23-8-3-9-24(2,21)22;1-2-16-12(15)11-7-3-6-4-9(13)14-5-8(6)10(7)11;/h7,9-11,14-15,17,24,28-29H,4-6,8,12-13,16H2,1-3H3;4-7,10-11H,3,8-9H2,1-2H3;4-5,7,10-11H,2-3H2,1H3,(H2,13,14);1H4/t;;7-,10-,11?;/m..1./s1. The van der Waals surface area contributed by atoms with Gasteiger partial charge in [0.1, 0.15) is 37.1 Å². The number of hydrogen-bond donors (Lipinski definition) is 1. The summed E-state index contributed by atoms with van der Waals surface area (Å²) < 4.78 is 94.1. The first kappa shape index (κ1) is 60.5. The van der Waals surface area contributed by atoms with Crippen LogP contribution in [0.4, 0.5) is 14.6 Å². The minimum absolute atomic E-state index is 0. The van der Waals surface area contributed by atoms with Crippen LogP contribution < -0.4 is 15.2 Å². The van der Waals surface area contributed by atoms with E-state index in [4.69, 9.17) is 24.7 Å². The maximum absolute atomic E-state index is 14.7. The van der Waals surface area contributed by atoms with Crippen LogP contribution in [0.25, 0.3) is 22.3 Å². The summed E-state index contributed by atoms with van der Waals surface area (Å²) >= 11 is 0. The highest BCUT2D eigenvalue weighted by Gasteiger charge is 2.61. The van der Waals surface area contributed by atoms with E-state index in [0.29, 0.717) is 97.3 Å². The normalized spacial score (nSPS) is 18.7. The van der Waals surface area contributed by atoms with Crippen molar-refractivity contribution in [1.82, 2.24) is 19.9 Å². The first-order chi connectivity index (χ1) is 37.7. The van der Waals surface area contributed by atoms with Crippen molar-refractivity contribution < 1.29 is 58.9 Å². The molecule has 0 amide bonds. The zero-order valence-corrected chi connectivity index (χ0v) is 46.7. The Morgan fingerprint density at radius 1 is 0.662 bits per heavy atom. The Bertz CT molecular complexity index is 3490. The SMILES string of the molecule is C.CCOC(=O)C1C2Cc3cc(CCc4cc(-c5ccc(OCCCS(C)(=O)=O)nc5C)ccc4F)ncc3C21.CCOC(=O)C1[C@H]2c3cnc(N)cc3C[C@@H]12.Cc1nc(OCCCS(C)(=O)=O)ccc1-c1ccc(F)c(C=O)c1. The molecule has 2 fully saturated rings. The van der Waals surface area contributed by atoms with Gasteiger partial charge in [-0.1, -0.05) is 19.6 Å². The number of ether oxygens (including phenoxy) is 4. The fraction of sp³-hybridized carbons (Fsp3) is 0.417. The van der Waals surface area contributed by atoms with Gasteiger partial charge in [0.15, 0.2) is 6.29 Å². The Kier molecular flexibility index (Phi) is 19.6. The molecule has 20 heteroatoms. The van der Waals surface area contributed by atoms with E-state index < -0.39 is 25.5 Å². The lowest BCUT2D eigenvalue weighted by molar-refractivity contribution is -0.146. The fourth-order valence-corrected chi connectivity index (χ4v) is 12.0. The Morgan fingerprint density at radius 3 is 1.64 bits per heavy atom. The summed E-state index contributed by atoms with van der Waals surface area (Å²) in [6, 6.07) is 20.5. The van der Waals surface area contributed by atoms with Gasteiger partial charge in [0.25, 0.3) is 0 Å². The highest BCUT2D eigenvalue weighted by Crippen LogP contribution is 2.62. The van der Waals surface area contributed by atoms with Crippen LogP contribution in [0.5, 0.6) is 11.8 Å². The molecule has 2 N–H and O–H groups in total. The highest BCUT2D eigenvalue weighted by molar-refractivity contribution is 7.90. The number of nitrogens with two attached hydrogens (primary N) is 1. The second kappa shape index (κ2) is 25.9. The summed E-state index contributed by atoms with van der Waals surface area (Å²) in [6.07, 6.45) is 10.3. The first-order valence-electron chi connectivity index (χ1n) is 26.3. The quantitative estimate of drug-likeness (QED) is 0.0426. The third-order valence-electron chi connectivity index (χ3n) is 14.6. The molecule has 6 atom stereocenters. The molecule has 4 unspecified atom stereocenters. The molecule has 10 rings (SSSR count). The molecular formula is C60H69F2N5O11S2. The summed E-state index contributed by atoms with van der Waals surface area (Å²) in [5.41, 5.74) is 16.6. The molecule has 4 aromatic heterocycles. The number of anilines is 1. The fourth-order valence-electron chi connectivity index (χ4n) is 10.7. The minimum Gasteiger partial charge on any atom is -0.478 e. The molecule has 2 aromatic carbocycles. The molecule has 0 bridgehead atoms. The molecule has 4 aliphatic carbocycles. The molecule has 2 saturated carbocycles. The minimum atomic E-state index is -3.02. The number of sulfone groups is 2. The maximum Gasteiger partial charge on any atom is 0.309 e. The van der Waals surface area contributed by atoms with E-state index in [1.165, 1.54) is 47.4 Å². The molecule has 0 aliphatic heterocycles. The van der Waals surface area contributed by atoms with Gasteiger partial charge in [-0.3, -0.25) is 19.4 Å². The third kappa shape index (κ3) is 15.0. The second-order valence-electron chi connectivity index (χ2n) is 20.4. The summed E-state index contributed by atoms with van der Waals surface area (Å²) in [5.74, 6) is 1.90. The average molecular weight is 1140 g/mol. The topological polar surface area (TPSA) is 234 Å². The van der Waals surface area contributed by atoms with Crippen molar-refractivity contribution in [1.29, 1.82) is 0 Å². The smallest absolute Gasteiger partial charge is 0.309 e. The van der Waals surface area contributed by atoms with E-state index >= 15 is 0 Å². The molecule has 4 aliphatic rings. The van der Waals surface area contributed by atoms with Crippen LogP contribution in [0.1, 0.15) is 101 Å². The zero-order chi connectivity index (χ0) is 56.8. The van der Waals surface area contributed by atoms with Crippen molar-refractivity contribution in [3.05, 3.63) is 147 Å². The van der Waals surface area contributed by atoms with Crippen molar-refractivity contribution in [2.45, 2.75) is 85.5 Å². The van der Waals surface area contributed by atoms with Crippen molar-refractivity contribution in [3.63, 3.8) is 0 Å². The summed E-state index contributed by atoms with van der Waals surface area (Å²) in [5, 5.41) is 0. The summed E-state index contributed by atoms with van der Waals surface area (Å²) in [6.45, 7) is 8.70. The summed E-state index contributed by atoms with van der Waals surface area (Å²) in [7, 11) is -6.02. The van der Waals surface area contributed by atoms with E-state index in [2.05, 4.69) is 26.0 Å². The number of fused-ring (bicyclic) bond motifs is 6. The highest BCUT2D eigenvalue weighted by atomic mass is 32.2. The number of esters is 2. The van der Waals surface area contributed by atoms with E-state index in [0.717, 1.165) is 46.5 Å². The molecule has 16 nitrogen and oxygen atoms in total. The first-order valence-corrected chi connectivity index (χ1v) is 30.4. The Hall–Kier alpha value is -7.19. The maximum atomic E-state index is 14.7. The Balaban J connectivity index is 0.000000191. The molecule has 6 aromatic rings. The number of aromatic nitrogens is 4. The van der Waals surface area contributed by atoms with E-state index in [9.17, 15) is 40.0 Å². The van der Waals surface area contributed by atoms with Crippen LogP contribution in [-0.2, 0) is 64.4 Å². The van der Waals surface area contributed by atoms with E-state index in [1.807, 2.05) is 51.4 Å². The Labute approximate surface area is 467 Å². The van der Waals surface area contributed by atoms with Gasteiger partial charge in [0.2, 0.25) is 11.8 Å². The number of hydrogen-bond acceptors (Lipinski definition) is 16. The average Bonchev–Trinajstić information content (AvgIpc) is 4.38. The Morgan fingerprint density at radius 2 is 1.15 bits per heavy atom. The predicted molar refractivity (Wildman–Crippen MR) is 301 cm³/mol. The number of pyridine rings is 4. The zero-order valence-electron chi connectivity index (χ0n) is 45.0. The monoisotopic (exact) mass is 1140 g/mol. The number of carbonyl (C=O) groups excluding carboxylic acids is 3. The molecule has 4 heterocycles. The molecule has 426 valence electrons. The van der Waals surface area contributed by atoms with E-state index in [-0.39, 0.29) is 73.2 Å². The lowest BCUT2D eigenvalue weighted by Gasteiger charge is -2.12. The van der Waals surface area contributed by atoms with Crippen LogP contribution in [0.15, 0.2) is 85.2 Å². The van der Waals surface area contributed by atoms with Gasteiger partial charge in [0, 0.05) is 77.1 Å². The van der Waals surface area contributed by atoms with Crippen molar-refractivity contribution in [2.24, 2.45) is 23.7 Å². The number of nitrogens with zero attached hydrogens (tertiary/aromatic N) is 4. The number of carbonyl (C=O) groups is 3. The second-order valence-corrected chi connectivity index (χ2v) is 24.9. The van der Waals surface area contributed by atoms with Crippen molar-refractivity contribution in [2.75, 3.05) is 56.2 Å². The van der Waals surface area contributed by atoms with Crippen LogP contribution in [-0.4, -0.2) is 105 Å². The van der Waals surface area contributed by atoms with Crippen LogP contribution in [0, 0.1) is 49.2 Å². The number of nitrogen functional groups attached to an aromatic ring is 1. The molecule has 0 spiro atoms. The number of benzene rings is 2. The van der Waals surface area contributed by atoms with Gasteiger partial charge in [-0.25, -0.2) is 40.6 Å². The van der Waals surface area contributed by atoms with E-state index in [1.54, 1.807) is 37.3 Å². The lowest BCUT2D eigenvalue weighted by Crippen LogP contribution is -2.11. The van der Waals surface area contributed by atoms with Crippen LogP contribution in [0.2, 0.25) is 0 Å². The number of rotatable bonds is 20. The van der Waals surface area contributed by atoms with Gasteiger partial charge >= 0.3 is 11.9 Å². The largest absolute Gasteiger partial charge is 0.478 e. The predicted octanol–water partition coefficient (Wildman–Crippen LogP) is 9.21. The number of aldehydes is 1. The molecule has 0 saturated heterocycles. The van der Waals surface area contributed by atoms with Crippen LogP contribution in [0.3, 0.4) is 0 Å². The lowest BCUT2D eigenvalue weighted by atomic mass is 9.98. The van der Waals surface area contributed by atoms with Gasteiger partial charge in [-0.05, 0) is 166 Å². The van der Waals surface area contributed by atoms with Gasteiger partial charge in [-0.2, -0.15) is 0 Å². The van der Waals surface area contributed by atoms with Gasteiger partial charge in [-0.15, -0.1) is 0 Å². The molecule has 80 heavy (non-hydrogen) atoms. The van der Waals surface area contributed by atoms with Gasteiger partial charge in [0.05, 0.1) is 55.3 Å². The number of halogens is 2. The van der Waals surface area contributed by atoms with Crippen LogP contribution >= 0.6 is 0 Å². The van der Waals surface area contributed by atoms with Crippen molar-refractivity contribution >= 4 is 43.7 Å². The summed E-state index contributed by atoms with van der Waals surface area (Å²) in [4.78, 5) is 52.1. The van der Waals surface area contributed by atoms with Crippen molar-refractivity contribution in [3.8, 4) is 34.0 Å². The third-order valence-corrected chi connectivity index (χ3v) is 16.7. The molecular weight excluding hydrogens is 1070 g/mol.